The SMILES string of the molecule is C[C@H](NC(=O)COC(=O)c1cccc(C(=O)OCC(=O)N[C@@H](C)C2CC2)c1)C1CC1. The lowest BCUT2D eigenvalue weighted by Crippen LogP contribution is -2.37. The van der Waals surface area contributed by atoms with Crippen LogP contribution in [0.25, 0.3) is 0 Å². The van der Waals surface area contributed by atoms with E-state index in [0.29, 0.717) is 11.8 Å². The summed E-state index contributed by atoms with van der Waals surface area (Å²) in [6, 6.07) is 5.93. The van der Waals surface area contributed by atoms with Crippen molar-refractivity contribution in [3.8, 4) is 0 Å². The molecule has 2 amide bonds. The van der Waals surface area contributed by atoms with E-state index >= 15 is 0 Å². The molecule has 2 N–H and O–H groups in total. The van der Waals surface area contributed by atoms with Gasteiger partial charge >= 0.3 is 11.9 Å². The molecule has 0 aromatic heterocycles. The highest BCUT2D eigenvalue weighted by Crippen LogP contribution is 2.32. The molecule has 162 valence electrons. The van der Waals surface area contributed by atoms with Crippen molar-refractivity contribution < 1.29 is 28.7 Å². The van der Waals surface area contributed by atoms with Crippen LogP contribution in [0.5, 0.6) is 0 Å². The molecule has 0 aliphatic heterocycles. The standard InChI is InChI=1S/C22H28N2O6/c1-13(15-6-7-15)23-19(25)11-29-21(27)17-4-3-5-18(10-17)22(28)30-12-20(26)24-14(2)16-8-9-16/h3-5,10,13-16H,6-9,11-12H2,1-2H3,(H,23,25)(H,24,26)/t13-,14-/m0/s1. The van der Waals surface area contributed by atoms with Gasteiger partial charge in [-0.15, -0.1) is 0 Å². The number of carbonyl (C=O) groups is 4. The number of nitrogens with one attached hydrogen (secondary N) is 2. The van der Waals surface area contributed by atoms with E-state index in [0.717, 1.165) is 25.7 Å². The molecule has 2 aliphatic rings. The highest BCUT2D eigenvalue weighted by molar-refractivity contribution is 5.96. The normalized spacial score (nSPS) is 17.4. The van der Waals surface area contributed by atoms with Crippen molar-refractivity contribution in [3.63, 3.8) is 0 Å². The maximum Gasteiger partial charge on any atom is 0.338 e. The summed E-state index contributed by atoms with van der Waals surface area (Å²) in [5.41, 5.74) is 0.249. The summed E-state index contributed by atoms with van der Waals surface area (Å²) in [6.45, 7) is 3.09. The second kappa shape index (κ2) is 9.73. The first-order valence-electron chi connectivity index (χ1n) is 10.4. The number of carbonyl (C=O) groups excluding carboxylic acids is 4. The Morgan fingerprint density at radius 2 is 1.23 bits per heavy atom. The lowest BCUT2D eigenvalue weighted by molar-refractivity contribution is -0.125. The Hall–Kier alpha value is -2.90. The van der Waals surface area contributed by atoms with E-state index in [1.165, 1.54) is 24.3 Å². The fraction of sp³-hybridized carbons (Fsp3) is 0.545. The largest absolute Gasteiger partial charge is 0.452 e. The highest BCUT2D eigenvalue weighted by atomic mass is 16.5. The van der Waals surface area contributed by atoms with Gasteiger partial charge in [0.2, 0.25) is 0 Å². The molecular weight excluding hydrogens is 388 g/mol. The van der Waals surface area contributed by atoms with Gasteiger partial charge in [0.15, 0.2) is 13.2 Å². The quantitative estimate of drug-likeness (QED) is 0.563. The molecule has 2 fully saturated rings. The lowest BCUT2D eigenvalue weighted by Gasteiger charge is -2.13. The van der Waals surface area contributed by atoms with Crippen molar-refractivity contribution in [1.82, 2.24) is 10.6 Å². The van der Waals surface area contributed by atoms with E-state index in [1.54, 1.807) is 0 Å². The van der Waals surface area contributed by atoms with E-state index in [1.807, 2.05) is 13.8 Å². The van der Waals surface area contributed by atoms with Crippen molar-refractivity contribution in [2.24, 2.45) is 11.8 Å². The monoisotopic (exact) mass is 416 g/mol. The number of rotatable bonds is 10. The van der Waals surface area contributed by atoms with Gasteiger partial charge in [0, 0.05) is 12.1 Å². The van der Waals surface area contributed by atoms with Gasteiger partial charge in [0.25, 0.3) is 11.8 Å². The Balaban J connectivity index is 1.44. The summed E-state index contributed by atoms with van der Waals surface area (Å²) in [6.07, 6.45) is 4.41. The molecule has 2 aliphatic carbocycles. The Bertz CT molecular complexity index is 752. The fourth-order valence-corrected chi connectivity index (χ4v) is 3.22. The Morgan fingerprint density at radius 3 is 1.60 bits per heavy atom. The molecule has 30 heavy (non-hydrogen) atoms. The van der Waals surface area contributed by atoms with Crippen LogP contribution >= 0.6 is 0 Å². The minimum Gasteiger partial charge on any atom is -0.452 e. The third kappa shape index (κ3) is 6.57. The van der Waals surface area contributed by atoms with E-state index in [2.05, 4.69) is 10.6 Å². The molecule has 8 nitrogen and oxygen atoms in total. The minimum atomic E-state index is -0.713. The molecule has 1 aromatic rings. The van der Waals surface area contributed by atoms with E-state index in [9.17, 15) is 19.2 Å². The van der Waals surface area contributed by atoms with Crippen molar-refractivity contribution in [1.29, 1.82) is 0 Å². The Morgan fingerprint density at radius 1 is 0.833 bits per heavy atom. The van der Waals surface area contributed by atoms with Crippen LogP contribution in [0.1, 0.15) is 60.2 Å². The summed E-state index contributed by atoms with van der Waals surface area (Å²) in [5.74, 6) is -1.13. The van der Waals surface area contributed by atoms with Crippen LogP contribution in [-0.4, -0.2) is 49.1 Å². The molecule has 0 unspecified atom stereocenters. The van der Waals surface area contributed by atoms with Crippen LogP contribution in [0.3, 0.4) is 0 Å². The van der Waals surface area contributed by atoms with E-state index in [-0.39, 0.29) is 48.2 Å². The molecule has 3 rings (SSSR count). The van der Waals surface area contributed by atoms with Gasteiger partial charge < -0.3 is 20.1 Å². The number of hydrogen-bond acceptors (Lipinski definition) is 6. The maximum absolute atomic E-state index is 12.2. The number of amides is 2. The molecule has 0 saturated heterocycles. The second-order valence-corrected chi connectivity index (χ2v) is 8.12. The highest BCUT2D eigenvalue weighted by Gasteiger charge is 2.30. The average Bonchev–Trinajstić information content (AvgIpc) is 3.62. The molecule has 2 atom stereocenters. The average molecular weight is 416 g/mol. The first-order valence-corrected chi connectivity index (χ1v) is 10.4. The first kappa shape index (κ1) is 21.8. The third-order valence-electron chi connectivity index (χ3n) is 5.44. The molecule has 8 heteroatoms. The van der Waals surface area contributed by atoms with Gasteiger partial charge in [-0.05, 0) is 69.6 Å². The molecule has 1 aromatic carbocycles. The molecule has 2 saturated carbocycles. The molecule has 0 spiro atoms. The summed E-state index contributed by atoms with van der Waals surface area (Å²) < 4.78 is 10.1. The number of benzene rings is 1. The summed E-state index contributed by atoms with van der Waals surface area (Å²) in [7, 11) is 0. The first-order chi connectivity index (χ1) is 14.3. The Kier molecular flexibility index (Phi) is 7.07. The van der Waals surface area contributed by atoms with Gasteiger partial charge in [0.05, 0.1) is 11.1 Å². The van der Waals surface area contributed by atoms with Crippen LogP contribution in [0.2, 0.25) is 0 Å². The number of esters is 2. The maximum atomic E-state index is 12.2. The van der Waals surface area contributed by atoms with Crippen LogP contribution in [0.15, 0.2) is 24.3 Å². The second-order valence-electron chi connectivity index (χ2n) is 8.12. The minimum absolute atomic E-state index is 0.0683. The van der Waals surface area contributed by atoms with Crippen LogP contribution < -0.4 is 10.6 Å². The molecular formula is C22H28N2O6. The predicted molar refractivity (Wildman–Crippen MR) is 108 cm³/mol. The van der Waals surface area contributed by atoms with Crippen molar-refractivity contribution in [2.45, 2.75) is 51.6 Å². The lowest BCUT2D eigenvalue weighted by atomic mass is 10.1. The van der Waals surface area contributed by atoms with Crippen molar-refractivity contribution in [2.75, 3.05) is 13.2 Å². The summed E-state index contributed by atoms with van der Waals surface area (Å²) >= 11 is 0. The van der Waals surface area contributed by atoms with Gasteiger partial charge in [-0.3, -0.25) is 9.59 Å². The Labute approximate surface area is 175 Å². The summed E-state index contributed by atoms with van der Waals surface area (Å²) in [5, 5.41) is 5.60. The van der Waals surface area contributed by atoms with Gasteiger partial charge in [-0.25, -0.2) is 9.59 Å². The third-order valence-corrected chi connectivity index (χ3v) is 5.44. The van der Waals surface area contributed by atoms with Crippen molar-refractivity contribution in [3.05, 3.63) is 35.4 Å². The van der Waals surface area contributed by atoms with Crippen LogP contribution in [0.4, 0.5) is 0 Å². The van der Waals surface area contributed by atoms with E-state index < -0.39 is 11.9 Å². The van der Waals surface area contributed by atoms with E-state index in [4.69, 9.17) is 9.47 Å². The fourth-order valence-electron chi connectivity index (χ4n) is 3.22. The van der Waals surface area contributed by atoms with Gasteiger partial charge in [-0.1, -0.05) is 6.07 Å². The number of hydrogen-bond donors (Lipinski definition) is 2. The predicted octanol–water partition coefficient (Wildman–Crippen LogP) is 1.83. The van der Waals surface area contributed by atoms with Crippen molar-refractivity contribution >= 4 is 23.8 Å². The van der Waals surface area contributed by atoms with Gasteiger partial charge in [-0.2, -0.15) is 0 Å². The zero-order chi connectivity index (χ0) is 21.7. The molecule has 0 bridgehead atoms. The summed E-state index contributed by atoms with van der Waals surface area (Å²) in [4.78, 5) is 48.1. The zero-order valence-electron chi connectivity index (χ0n) is 17.3. The molecule has 0 radical (unpaired) electrons. The molecule has 0 heterocycles. The van der Waals surface area contributed by atoms with Crippen LogP contribution in [-0.2, 0) is 19.1 Å². The topological polar surface area (TPSA) is 111 Å². The van der Waals surface area contributed by atoms with Gasteiger partial charge in [0.1, 0.15) is 0 Å². The van der Waals surface area contributed by atoms with Crippen LogP contribution in [0, 0.1) is 11.8 Å². The number of ether oxygens (including phenoxy) is 2. The zero-order valence-corrected chi connectivity index (χ0v) is 17.3. The smallest absolute Gasteiger partial charge is 0.338 e.